The Morgan fingerprint density at radius 2 is 2.24 bits per heavy atom. The van der Waals surface area contributed by atoms with Crippen LogP contribution < -0.4 is 5.32 Å². The van der Waals surface area contributed by atoms with Gasteiger partial charge in [-0.15, -0.1) is 0 Å². The van der Waals surface area contributed by atoms with Gasteiger partial charge in [0.15, 0.2) is 4.92 Å². The molecule has 1 aromatic carbocycles. The van der Waals surface area contributed by atoms with Gasteiger partial charge in [0.2, 0.25) is 12.2 Å². The van der Waals surface area contributed by atoms with E-state index in [4.69, 9.17) is 5.21 Å². The molecule has 0 bridgehead atoms. The van der Waals surface area contributed by atoms with E-state index in [1.54, 1.807) is 12.1 Å². The van der Waals surface area contributed by atoms with Crippen LogP contribution in [0.25, 0.3) is 0 Å². The Kier molecular flexibility index (Phi) is 4.44. The van der Waals surface area contributed by atoms with Gasteiger partial charge in [-0.1, -0.05) is 11.0 Å². The summed E-state index contributed by atoms with van der Waals surface area (Å²) in [7, 11) is 0. The Hall–Kier alpha value is -2.97. The summed E-state index contributed by atoms with van der Waals surface area (Å²) in [5, 5.41) is 24.2. The molecule has 0 spiro atoms. The van der Waals surface area contributed by atoms with Gasteiger partial charge in [0.1, 0.15) is 5.75 Å². The van der Waals surface area contributed by atoms with E-state index < -0.39 is 4.92 Å². The van der Waals surface area contributed by atoms with E-state index in [9.17, 15) is 14.8 Å². The van der Waals surface area contributed by atoms with Gasteiger partial charge in [-0.05, 0) is 23.5 Å². The largest absolute Gasteiger partial charge is 0.531 e. The molecule has 110 valence electrons. The molecule has 9 nitrogen and oxygen atoms in total. The molecule has 2 aromatic rings. The number of carbonyl (C=O) groups excluding carboxylic acids is 1. The van der Waals surface area contributed by atoms with Crippen LogP contribution in [0.15, 0.2) is 30.6 Å². The second-order valence-electron chi connectivity index (χ2n) is 4.28. The number of rotatable bonds is 6. The second-order valence-corrected chi connectivity index (χ2v) is 4.28. The van der Waals surface area contributed by atoms with E-state index in [1.807, 2.05) is 0 Å². The van der Waals surface area contributed by atoms with Crippen molar-refractivity contribution in [1.29, 1.82) is 0 Å². The van der Waals surface area contributed by atoms with Crippen molar-refractivity contribution in [3.05, 3.63) is 35.5 Å². The summed E-state index contributed by atoms with van der Waals surface area (Å²) < 4.78 is 1.36. The summed E-state index contributed by atoms with van der Waals surface area (Å²) in [5.74, 6) is -0.470. The van der Waals surface area contributed by atoms with Crippen LogP contribution in [-0.4, -0.2) is 35.9 Å². The van der Waals surface area contributed by atoms with Gasteiger partial charge < -0.3 is 15.6 Å². The number of aromatic nitrogens is 3. The fraction of sp³-hybridized carbons (Fsp3) is 0.250. The Morgan fingerprint density at radius 1 is 1.43 bits per heavy atom. The highest BCUT2D eigenvalue weighted by Crippen LogP contribution is 2.15. The van der Waals surface area contributed by atoms with E-state index in [-0.39, 0.29) is 24.0 Å². The zero-order chi connectivity index (χ0) is 15.2. The fourth-order valence-electron chi connectivity index (χ4n) is 1.69. The minimum Gasteiger partial charge on any atom is -0.508 e. The number of hydrogen-bond acceptors (Lipinski definition) is 5. The molecule has 2 rings (SSSR count). The van der Waals surface area contributed by atoms with Gasteiger partial charge in [0.05, 0.1) is 6.54 Å². The van der Waals surface area contributed by atoms with Gasteiger partial charge in [0.25, 0.3) is 0 Å². The summed E-state index contributed by atoms with van der Waals surface area (Å²) in [6, 6.07) is 6.26. The summed E-state index contributed by atoms with van der Waals surface area (Å²) in [4.78, 5) is 25.4. The van der Waals surface area contributed by atoms with E-state index >= 15 is 0 Å². The molecule has 9 heteroatoms. The van der Waals surface area contributed by atoms with Gasteiger partial charge in [-0.3, -0.25) is 4.79 Å². The third-order valence-corrected chi connectivity index (χ3v) is 2.62. The first-order valence-corrected chi connectivity index (χ1v) is 6.19. The Labute approximate surface area is 119 Å². The fourth-order valence-corrected chi connectivity index (χ4v) is 1.69. The number of nitrogens with zero attached hydrogens (tertiary/aromatic N) is 4. The summed E-state index contributed by atoms with van der Waals surface area (Å²) in [6.45, 7) is 0.383. The molecule has 1 heterocycles. The minimum atomic E-state index is -0.426. The van der Waals surface area contributed by atoms with Crippen molar-refractivity contribution in [2.24, 2.45) is 0 Å². The number of hydrogen-bond donors (Lipinski definition) is 3. The number of amides is 1. The van der Waals surface area contributed by atoms with Crippen molar-refractivity contribution in [1.82, 2.24) is 14.8 Å². The molecule has 0 aliphatic carbocycles. The Balaban J connectivity index is 1.77. The quantitative estimate of drug-likeness (QED) is 0.688. The van der Waals surface area contributed by atoms with Crippen LogP contribution in [0.5, 0.6) is 5.75 Å². The van der Waals surface area contributed by atoms with Crippen LogP contribution in [0.3, 0.4) is 0 Å². The van der Waals surface area contributed by atoms with Gasteiger partial charge in [-0.2, -0.15) is 4.68 Å². The molecule has 0 saturated heterocycles. The lowest BCUT2D eigenvalue weighted by Gasteiger charge is -2.04. The van der Waals surface area contributed by atoms with Crippen molar-refractivity contribution >= 4 is 17.5 Å². The van der Waals surface area contributed by atoms with Crippen LogP contribution in [0.4, 0.5) is 11.6 Å². The zero-order valence-electron chi connectivity index (χ0n) is 11.0. The molecule has 0 saturated carbocycles. The van der Waals surface area contributed by atoms with Crippen molar-refractivity contribution in [2.75, 3.05) is 5.32 Å². The number of aryl methyl sites for hydroxylation is 1. The average Bonchev–Trinajstić information content (AvgIpc) is 2.87. The van der Waals surface area contributed by atoms with Crippen LogP contribution in [0.1, 0.15) is 12.8 Å². The average molecular weight is 292 g/mol. The lowest BCUT2D eigenvalue weighted by Crippen LogP contribution is -2.12. The molecule has 0 radical (unpaired) electrons. The SMILES string of the molecule is O=C(CCCn1cnc([N+](=O)O)n1)Nc1cccc(O)c1. The first-order valence-electron chi connectivity index (χ1n) is 6.19. The summed E-state index contributed by atoms with van der Waals surface area (Å²) in [5.41, 5.74) is 0.519. The van der Waals surface area contributed by atoms with Crippen molar-refractivity contribution < 1.29 is 20.0 Å². The van der Waals surface area contributed by atoms with E-state index in [1.165, 1.54) is 23.1 Å². The van der Waals surface area contributed by atoms with Crippen molar-refractivity contribution in [3.8, 4) is 5.75 Å². The first-order chi connectivity index (χ1) is 10.0. The Morgan fingerprint density at radius 3 is 2.90 bits per heavy atom. The molecule has 3 N–H and O–H groups in total. The topological polar surface area (TPSA) is 120 Å². The number of aromatic hydroxyl groups is 1. The number of phenols is 1. The number of carbonyl (C=O) groups is 1. The lowest BCUT2D eigenvalue weighted by atomic mass is 10.2. The smallest absolute Gasteiger partial charge is 0.508 e. The van der Waals surface area contributed by atoms with E-state index in [0.29, 0.717) is 18.7 Å². The van der Waals surface area contributed by atoms with Crippen LogP contribution in [-0.2, 0) is 11.3 Å². The maximum Gasteiger partial charge on any atom is 0.531 e. The molecular weight excluding hydrogens is 278 g/mol. The molecule has 0 aliphatic rings. The number of nitrogens with one attached hydrogen (secondary N) is 1. The first kappa shape index (κ1) is 14.4. The molecule has 0 fully saturated rings. The number of phenolic OH excluding ortho intramolecular Hbond substituents is 1. The van der Waals surface area contributed by atoms with Gasteiger partial charge in [0, 0.05) is 23.3 Å². The molecule has 1 amide bonds. The molecular formula is C12H14N5O4+. The van der Waals surface area contributed by atoms with Gasteiger partial charge in [-0.25, -0.2) is 0 Å². The van der Waals surface area contributed by atoms with Crippen LogP contribution >= 0.6 is 0 Å². The number of benzene rings is 1. The third-order valence-electron chi connectivity index (χ3n) is 2.62. The summed E-state index contributed by atoms with van der Waals surface area (Å²) in [6.07, 6.45) is 2.02. The maximum absolute atomic E-state index is 11.7. The highest BCUT2D eigenvalue weighted by Gasteiger charge is 2.17. The maximum atomic E-state index is 11.7. The Bertz CT molecular complexity index is 655. The van der Waals surface area contributed by atoms with Crippen LogP contribution in [0.2, 0.25) is 0 Å². The van der Waals surface area contributed by atoms with E-state index in [2.05, 4.69) is 15.4 Å². The third kappa shape index (κ3) is 4.27. The minimum absolute atomic E-state index is 0.0779. The van der Waals surface area contributed by atoms with Crippen LogP contribution in [0, 0.1) is 4.91 Å². The normalized spacial score (nSPS) is 10.3. The molecule has 21 heavy (non-hydrogen) atoms. The van der Waals surface area contributed by atoms with Gasteiger partial charge >= 0.3 is 5.95 Å². The lowest BCUT2D eigenvalue weighted by molar-refractivity contribution is -0.734. The van der Waals surface area contributed by atoms with E-state index in [0.717, 1.165) is 0 Å². The second kappa shape index (κ2) is 6.46. The molecule has 1 aromatic heterocycles. The highest BCUT2D eigenvalue weighted by molar-refractivity contribution is 5.90. The predicted octanol–water partition coefficient (Wildman–Crippen LogP) is 1.20. The molecule has 0 aliphatic heterocycles. The number of anilines is 1. The standard InChI is InChI=1S/C12H13N5O4/c18-10-4-1-3-9(7-10)14-11(19)5-2-6-16-8-13-12(15-16)17(20)21/h1,3-4,7-8H,2,5-6H2,(H2-,14,18,19,20,21)/p+1. The zero-order valence-corrected chi connectivity index (χ0v) is 11.0. The predicted molar refractivity (Wildman–Crippen MR) is 71.1 cm³/mol. The van der Waals surface area contributed by atoms with Crippen molar-refractivity contribution in [3.63, 3.8) is 0 Å². The molecule has 0 unspecified atom stereocenters. The monoisotopic (exact) mass is 292 g/mol. The summed E-state index contributed by atoms with van der Waals surface area (Å²) >= 11 is 0. The van der Waals surface area contributed by atoms with Crippen molar-refractivity contribution in [2.45, 2.75) is 19.4 Å². The highest BCUT2D eigenvalue weighted by atomic mass is 16.6. The molecule has 0 atom stereocenters.